The Balaban J connectivity index is 1.56. The van der Waals surface area contributed by atoms with Crippen molar-refractivity contribution in [1.82, 2.24) is 9.47 Å². The molecule has 1 aromatic heterocycles. The lowest BCUT2D eigenvalue weighted by atomic mass is 9.98. The maximum absolute atomic E-state index is 13.6. The number of anilines is 1. The topological polar surface area (TPSA) is 63.6 Å². The first-order chi connectivity index (χ1) is 16.0. The molecule has 1 aliphatic heterocycles. The highest BCUT2D eigenvalue weighted by molar-refractivity contribution is 6.30. The fourth-order valence-corrected chi connectivity index (χ4v) is 4.77. The van der Waals surface area contributed by atoms with Gasteiger partial charge in [0.1, 0.15) is 18.0 Å². The maximum atomic E-state index is 13.6. The SMILES string of the molecule is COc1ccc([C@H]2c3c(n(C)c4ccccc34)C(=O)N2CC(=O)Nc2cccc(Cl)c2)cc1. The predicted octanol–water partition coefficient (Wildman–Crippen LogP) is 5.02. The number of benzene rings is 3. The number of nitrogens with zero attached hydrogens (tertiary/aromatic N) is 2. The van der Waals surface area contributed by atoms with Gasteiger partial charge in [0.05, 0.1) is 13.2 Å². The van der Waals surface area contributed by atoms with Gasteiger partial charge >= 0.3 is 0 Å². The number of methoxy groups -OCH3 is 1. The van der Waals surface area contributed by atoms with E-state index in [0.717, 1.165) is 27.8 Å². The lowest BCUT2D eigenvalue weighted by molar-refractivity contribution is -0.117. The lowest BCUT2D eigenvalue weighted by Gasteiger charge is -2.26. The fraction of sp³-hybridized carbons (Fsp3) is 0.154. The van der Waals surface area contributed by atoms with Crippen LogP contribution in [0.2, 0.25) is 5.02 Å². The summed E-state index contributed by atoms with van der Waals surface area (Å²) >= 11 is 6.04. The number of aryl methyl sites for hydroxylation is 1. The Bertz CT molecular complexity index is 1380. The van der Waals surface area contributed by atoms with Crippen molar-refractivity contribution in [3.05, 3.63) is 94.6 Å². The Labute approximate surface area is 196 Å². The first kappa shape index (κ1) is 21.1. The quantitative estimate of drug-likeness (QED) is 0.455. The highest BCUT2D eigenvalue weighted by Crippen LogP contribution is 2.44. The van der Waals surface area contributed by atoms with E-state index in [-0.39, 0.29) is 18.4 Å². The van der Waals surface area contributed by atoms with E-state index in [2.05, 4.69) is 5.32 Å². The summed E-state index contributed by atoms with van der Waals surface area (Å²) in [7, 11) is 3.50. The van der Waals surface area contributed by atoms with Gasteiger partial charge in [0.15, 0.2) is 0 Å². The van der Waals surface area contributed by atoms with E-state index in [4.69, 9.17) is 16.3 Å². The second kappa shape index (κ2) is 8.30. The van der Waals surface area contributed by atoms with Crippen molar-refractivity contribution in [1.29, 1.82) is 0 Å². The van der Waals surface area contributed by atoms with Gasteiger partial charge in [-0.25, -0.2) is 0 Å². The van der Waals surface area contributed by atoms with Gasteiger partial charge in [-0.05, 0) is 42.0 Å². The Kier molecular flexibility index (Phi) is 5.30. The third-order valence-corrected chi connectivity index (χ3v) is 6.28. The molecule has 166 valence electrons. The second-order valence-electron chi connectivity index (χ2n) is 8.01. The van der Waals surface area contributed by atoms with Gasteiger partial charge < -0.3 is 19.5 Å². The largest absolute Gasteiger partial charge is 0.497 e. The smallest absolute Gasteiger partial charge is 0.272 e. The third-order valence-electron chi connectivity index (χ3n) is 6.05. The number of carbonyl (C=O) groups excluding carboxylic acids is 2. The Morgan fingerprint density at radius 3 is 2.55 bits per heavy atom. The number of halogens is 1. The minimum absolute atomic E-state index is 0.0922. The van der Waals surface area contributed by atoms with Crippen LogP contribution >= 0.6 is 11.6 Å². The molecule has 2 amide bonds. The van der Waals surface area contributed by atoms with Crippen LogP contribution in [-0.2, 0) is 11.8 Å². The number of amides is 2. The normalized spacial score (nSPS) is 15.1. The average Bonchev–Trinajstić information content (AvgIpc) is 3.26. The number of fused-ring (bicyclic) bond motifs is 3. The zero-order valence-electron chi connectivity index (χ0n) is 18.2. The van der Waals surface area contributed by atoms with Crippen molar-refractivity contribution in [3.8, 4) is 5.75 Å². The monoisotopic (exact) mass is 459 g/mol. The van der Waals surface area contributed by atoms with E-state index in [0.29, 0.717) is 16.4 Å². The standard InChI is InChI=1S/C26H22ClN3O3/c1-29-21-9-4-3-8-20(21)23-24(16-10-12-19(33-2)13-11-16)30(26(32)25(23)29)15-22(31)28-18-7-5-6-17(27)14-18/h3-14,24H,15H2,1-2H3,(H,28,31)/t24-/m0/s1. The van der Waals surface area contributed by atoms with Crippen LogP contribution < -0.4 is 10.1 Å². The van der Waals surface area contributed by atoms with E-state index < -0.39 is 6.04 Å². The highest BCUT2D eigenvalue weighted by atomic mass is 35.5. The number of ether oxygens (including phenoxy) is 1. The van der Waals surface area contributed by atoms with Gasteiger partial charge in [0, 0.05) is 34.2 Å². The molecule has 4 aromatic rings. The van der Waals surface area contributed by atoms with Crippen LogP contribution in [0.25, 0.3) is 10.9 Å². The van der Waals surface area contributed by atoms with Crippen LogP contribution in [0.4, 0.5) is 5.69 Å². The van der Waals surface area contributed by atoms with Crippen molar-refractivity contribution in [2.75, 3.05) is 19.0 Å². The molecule has 0 saturated carbocycles. The average molecular weight is 460 g/mol. The molecular formula is C26H22ClN3O3. The van der Waals surface area contributed by atoms with Crippen LogP contribution in [0, 0.1) is 0 Å². The Morgan fingerprint density at radius 1 is 1.06 bits per heavy atom. The van der Waals surface area contributed by atoms with E-state index in [1.54, 1.807) is 36.3 Å². The van der Waals surface area contributed by atoms with Crippen LogP contribution in [0.3, 0.4) is 0 Å². The zero-order chi connectivity index (χ0) is 23.1. The van der Waals surface area contributed by atoms with Crippen LogP contribution in [-0.4, -0.2) is 34.9 Å². The highest BCUT2D eigenvalue weighted by Gasteiger charge is 2.42. The van der Waals surface area contributed by atoms with E-state index in [1.165, 1.54) is 0 Å². The lowest BCUT2D eigenvalue weighted by Crippen LogP contribution is -2.37. The van der Waals surface area contributed by atoms with Crippen molar-refractivity contribution in [2.24, 2.45) is 7.05 Å². The van der Waals surface area contributed by atoms with E-state index >= 15 is 0 Å². The summed E-state index contributed by atoms with van der Waals surface area (Å²) < 4.78 is 7.22. The molecule has 1 aliphatic rings. The molecule has 6 nitrogen and oxygen atoms in total. The number of hydrogen-bond acceptors (Lipinski definition) is 3. The van der Waals surface area contributed by atoms with Crippen molar-refractivity contribution >= 4 is 40.0 Å². The molecular weight excluding hydrogens is 438 g/mol. The summed E-state index contributed by atoms with van der Waals surface area (Å²) in [6.45, 7) is -0.0922. The van der Waals surface area contributed by atoms with E-state index in [1.807, 2.05) is 60.1 Å². The Hall–Kier alpha value is -3.77. The number of rotatable bonds is 5. The fourth-order valence-electron chi connectivity index (χ4n) is 4.58. The molecule has 0 unspecified atom stereocenters. The summed E-state index contributed by atoms with van der Waals surface area (Å²) in [6, 6.07) is 22.1. The number of carbonyl (C=O) groups is 2. The van der Waals surface area contributed by atoms with Gasteiger partial charge in [0.2, 0.25) is 5.91 Å². The molecule has 2 heterocycles. The first-order valence-electron chi connectivity index (χ1n) is 10.6. The van der Waals surface area contributed by atoms with Crippen LogP contribution in [0.1, 0.15) is 27.7 Å². The number of hydrogen-bond donors (Lipinski definition) is 1. The number of nitrogens with one attached hydrogen (secondary N) is 1. The van der Waals surface area contributed by atoms with Gasteiger partial charge in [-0.1, -0.05) is 48.0 Å². The third kappa shape index (κ3) is 3.62. The summed E-state index contributed by atoms with van der Waals surface area (Å²) in [5, 5.41) is 4.38. The molecule has 0 fully saturated rings. The molecule has 0 bridgehead atoms. The molecule has 33 heavy (non-hydrogen) atoms. The Morgan fingerprint density at radius 2 is 1.82 bits per heavy atom. The van der Waals surface area contributed by atoms with Crippen LogP contribution in [0.5, 0.6) is 5.75 Å². The van der Waals surface area contributed by atoms with Crippen molar-refractivity contribution in [2.45, 2.75) is 6.04 Å². The minimum atomic E-state index is -0.394. The summed E-state index contributed by atoms with van der Waals surface area (Å²) in [6.07, 6.45) is 0. The molecule has 1 N–H and O–H groups in total. The summed E-state index contributed by atoms with van der Waals surface area (Å²) in [4.78, 5) is 28.2. The van der Waals surface area contributed by atoms with Crippen LogP contribution in [0.15, 0.2) is 72.8 Å². The summed E-state index contributed by atoms with van der Waals surface area (Å²) in [5.41, 5.74) is 4.00. The molecule has 0 radical (unpaired) electrons. The van der Waals surface area contributed by atoms with Gasteiger partial charge in [-0.3, -0.25) is 9.59 Å². The van der Waals surface area contributed by atoms with Gasteiger partial charge in [0.25, 0.3) is 5.91 Å². The van der Waals surface area contributed by atoms with E-state index in [9.17, 15) is 9.59 Å². The molecule has 5 rings (SSSR count). The molecule has 0 saturated heterocycles. The molecule has 7 heteroatoms. The summed E-state index contributed by atoms with van der Waals surface area (Å²) in [5.74, 6) is 0.262. The van der Waals surface area contributed by atoms with Gasteiger partial charge in [-0.2, -0.15) is 0 Å². The molecule has 1 atom stereocenters. The van der Waals surface area contributed by atoms with Crippen molar-refractivity contribution in [3.63, 3.8) is 0 Å². The predicted molar refractivity (Wildman–Crippen MR) is 129 cm³/mol. The number of aromatic nitrogens is 1. The second-order valence-corrected chi connectivity index (χ2v) is 8.44. The minimum Gasteiger partial charge on any atom is -0.497 e. The zero-order valence-corrected chi connectivity index (χ0v) is 19.0. The molecule has 3 aromatic carbocycles. The van der Waals surface area contributed by atoms with Gasteiger partial charge in [-0.15, -0.1) is 0 Å². The molecule has 0 aliphatic carbocycles. The first-order valence-corrected chi connectivity index (χ1v) is 10.9. The number of para-hydroxylation sites is 1. The maximum Gasteiger partial charge on any atom is 0.272 e. The molecule has 0 spiro atoms. The van der Waals surface area contributed by atoms with Crippen molar-refractivity contribution < 1.29 is 14.3 Å².